The average Bonchev–Trinajstić information content (AvgIpc) is 2.42. The quantitative estimate of drug-likeness (QED) is 0.850. The normalized spacial score (nSPS) is 24.1. The van der Waals surface area contributed by atoms with Crippen LogP contribution in [0.25, 0.3) is 10.9 Å². The largest absolute Gasteiger partial charge is 0.391 e. The second-order valence-corrected chi connectivity index (χ2v) is 4.88. The summed E-state index contributed by atoms with van der Waals surface area (Å²) in [6, 6.07) is 8.06. The number of nitrogens with zero attached hydrogens (tertiary/aromatic N) is 2. The van der Waals surface area contributed by atoms with Gasteiger partial charge >= 0.3 is 0 Å². The van der Waals surface area contributed by atoms with Gasteiger partial charge in [-0.05, 0) is 18.9 Å². The van der Waals surface area contributed by atoms with E-state index in [1.54, 1.807) is 6.20 Å². The molecule has 3 rings (SSSR count). The zero-order chi connectivity index (χ0) is 12.4. The highest BCUT2D eigenvalue weighted by atomic mass is 16.3. The van der Waals surface area contributed by atoms with E-state index in [0.29, 0.717) is 0 Å². The van der Waals surface area contributed by atoms with Crippen LogP contribution in [0.5, 0.6) is 0 Å². The number of hydrogen-bond acceptors (Lipinski definition) is 4. The Hall–Kier alpha value is -1.68. The molecule has 2 atom stereocenters. The topological polar surface area (TPSA) is 58.0 Å². The Bertz CT molecular complexity index is 538. The van der Waals surface area contributed by atoms with Gasteiger partial charge in [0.25, 0.3) is 0 Å². The molecule has 2 unspecified atom stereocenters. The van der Waals surface area contributed by atoms with E-state index in [1.807, 2.05) is 24.3 Å². The fraction of sp³-hybridized carbons (Fsp3) is 0.429. The van der Waals surface area contributed by atoms with Crippen molar-refractivity contribution in [2.75, 3.05) is 5.32 Å². The number of nitrogens with one attached hydrogen (secondary N) is 1. The lowest BCUT2D eigenvalue weighted by Gasteiger charge is -2.29. The van der Waals surface area contributed by atoms with Crippen molar-refractivity contribution in [1.82, 2.24) is 10.2 Å². The van der Waals surface area contributed by atoms with Crippen molar-refractivity contribution in [3.63, 3.8) is 0 Å². The molecule has 1 aliphatic carbocycles. The van der Waals surface area contributed by atoms with Gasteiger partial charge in [0, 0.05) is 5.39 Å². The third-order valence-corrected chi connectivity index (χ3v) is 3.62. The van der Waals surface area contributed by atoms with Crippen molar-refractivity contribution in [2.24, 2.45) is 0 Å². The van der Waals surface area contributed by atoms with Gasteiger partial charge < -0.3 is 10.4 Å². The van der Waals surface area contributed by atoms with Crippen molar-refractivity contribution in [2.45, 2.75) is 37.8 Å². The third-order valence-electron chi connectivity index (χ3n) is 3.62. The van der Waals surface area contributed by atoms with Gasteiger partial charge in [-0.25, -0.2) is 0 Å². The van der Waals surface area contributed by atoms with Gasteiger partial charge in [-0.3, -0.25) is 0 Å². The summed E-state index contributed by atoms with van der Waals surface area (Å²) >= 11 is 0. The molecule has 2 N–H and O–H groups in total. The molecule has 18 heavy (non-hydrogen) atoms. The first kappa shape index (κ1) is 11.4. The molecule has 2 aromatic rings. The molecule has 0 saturated heterocycles. The summed E-state index contributed by atoms with van der Waals surface area (Å²) in [5.74, 6) is 0. The van der Waals surface area contributed by atoms with Crippen LogP contribution in [0, 0.1) is 0 Å². The minimum Gasteiger partial charge on any atom is -0.391 e. The van der Waals surface area contributed by atoms with Crippen molar-refractivity contribution < 1.29 is 5.11 Å². The van der Waals surface area contributed by atoms with E-state index < -0.39 is 0 Å². The Morgan fingerprint density at radius 1 is 1.17 bits per heavy atom. The van der Waals surface area contributed by atoms with Crippen LogP contribution in [0.15, 0.2) is 30.5 Å². The lowest BCUT2D eigenvalue weighted by atomic mass is 9.92. The highest BCUT2D eigenvalue weighted by Crippen LogP contribution is 2.25. The molecule has 0 radical (unpaired) electrons. The predicted octanol–water partition coefficient (Wildman–Crippen LogP) is 2.35. The van der Waals surface area contributed by atoms with Crippen LogP contribution in [0.3, 0.4) is 0 Å². The number of aliphatic hydroxyl groups excluding tert-OH is 1. The number of fused-ring (bicyclic) bond motifs is 1. The average molecular weight is 243 g/mol. The first-order valence-electron chi connectivity index (χ1n) is 6.49. The van der Waals surface area contributed by atoms with E-state index in [-0.39, 0.29) is 12.1 Å². The summed E-state index contributed by atoms with van der Waals surface area (Å²) in [6.07, 6.45) is 5.67. The molecule has 4 nitrogen and oxygen atoms in total. The van der Waals surface area contributed by atoms with E-state index in [2.05, 4.69) is 15.5 Å². The fourth-order valence-electron chi connectivity index (χ4n) is 2.60. The summed E-state index contributed by atoms with van der Waals surface area (Å²) < 4.78 is 0. The summed E-state index contributed by atoms with van der Waals surface area (Å²) in [7, 11) is 0. The standard InChI is InChI=1S/C14H17N3O/c18-14-8-4-3-7-12(14)16-13-9-15-17-11-6-2-1-5-10(11)13/h1-2,5-6,9,12,14,18H,3-4,7-8H2,(H,16,17). The van der Waals surface area contributed by atoms with Crippen LogP contribution < -0.4 is 5.32 Å². The molecule has 1 aliphatic rings. The minimum absolute atomic E-state index is 0.131. The molecule has 4 heteroatoms. The van der Waals surface area contributed by atoms with Gasteiger partial charge in [-0.2, -0.15) is 10.2 Å². The summed E-state index contributed by atoms with van der Waals surface area (Å²) in [5.41, 5.74) is 1.85. The molecule has 1 aromatic carbocycles. The van der Waals surface area contributed by atoms with Crippen LogP contribution >= 0.6 is 0 Å². The molecular weight excluding hydrogens is 226 g/mol. The molecule has 94 valence electrons. The second kappa shape index (κ2) is 4.90. The van der Waals surface area contributed by atoms with Gasteiger partial charge in [0.2, 0.25) is 0 Å². The van der Waals surface area contributed by atoms with Gasteiger partial charge in [-0.15, -0.1) is 0 Å². The molecule has 0 spiro atoms. The van der Waals surface area contributed by atoms with E-state index in [1.165, 1.54) is 6.42 Å². The molecule has 1 aromatic heterocycles. The SMILES string of the molecule is OC1CCCCC1Nc1cnnc2ccccc12. The number of anilines is 1. The highest BCUT2D eigenvalue weighted by molar-refractivity contribution is 5.90. The maximum absolute atomic E-state index is 10.0. The van der Waals surface area contributed by atoms with Crippen LogP contribution in [-0.2, 0) is 0 Å². The maximum Gasteiger partial charge on any atom is 0.0950 e. The number of rotatable bonds is 2. The fourth-order valence-corrected chi connectivity index (χ4v) is 2.60. The molecule has 0 aliphatic heterocycles. The monoisotopic (exact) mass is 243 g/mol. The van der Waals surface area contributed by atoms with Crippen LogP contribution in [-0.4, -0.2) is 27.4 Å². The predicted molar refractivity (Wildman–Crippen MR) is 71.4 cm³/mol. The number of aromatic nitrogens is 2. The van der Waals surface area contributed by atoms with E-state index in [9.17, 15) is 5.11 Å². The molecule has 0 bridgehead atoms. The van der Waals surface area contributed by atoms with E-state index in [0.717, 1.165) is 35.9 Å². The Kier molecular flexibility index (Phi) is 3.11. The summed E-state index contributed by atoms with van der Waals surface area (Å²) in [6.45, 7) is 0. The molecule has 1 fully saturated rings. The molecular formula is C14H17N3O. The molecule has 1 heterocycles. The lowest BCUT2D eigenvalue weighted by molar-refractivity contribution is 0.116. The molecule has 0 amide bonds. The Labute approximate surface area is 106 Å². The summed E-state index contributed by atoms with van der Waals surface area (Å²) in [4.78, 5) is 0. The maximum atomic E-state index is 10.0. The second-order valence-electron chi connectivity index (χ2n) is 4.88. The number of hydrogen-bond donors (Lipinski definition) is 2. The van der Waals surface area contributed by atoms with Crippen LogP contribution in [0.2, 0.25) is 0 Å². The van der Waals surface area contributed by atoms with E-state index in [4.69, 9.17) is 0 Å². The zero-order valence-electron chi connectivity index (χ0n) is 10.2. The van der Waals surface area contributed by atoms with Gasteiger partial charge in [0.1, 0.15) is 0 Å². The number of aliphatic hydroxyl groups is 1. The Balaban J connectivity index is 1.90. The summed E-state index contributed by atoms with van der Waals surface area (Å²) in [5, 5.41) is 22.6. The molecule has 1 saturated carbocycles. The Morgan fingerprint density at radius 3 is 2.89 bits per heavy atom. The minimum atomic E-state index is -0.259. The van der Waals surface area contributed by atoms with Gasteiger partial charge in [-0.1, -0.05) is 31.0 Å². The van der Waals surface area contributed by atoms with Crippen molar-refractivity contribution >= 4 is 16.6 Å². The zero-order valence-corrected chi connectivity index (χ0v) is 10.2. The van der Waals surface area contributed by atoms with Crippen molar-refractivity contribution in [3.8, 4) is 0 Å². The van der Waals surface area contributed by atoms with Crippen LogP contribution in [0.4, 0.5) is 5.69 Å². The third kappa shape index (κ3) is 2.16. The van der Waals surface area contributed by atoms with Gasteiger partial charge in [0.15, 0.2) is 0 Å². The number of benzene rings is 1. The smallest absolute Gasteiger partial charge is 0.0950 e. The van der Waals surface area contributed by atoms with Crippen LogP contribution in [0.1, 0.15) is 25.7 Å². The van der Waals surface area contributed by atoms with Crippen molar-refractivity contribution in [1.29, 1.82) is 0 Å². The first-order valence-corrected chi connectivity index (χ1v) is 6.49. The highest BCUT2D eigenvalue weighted by Gasteiger charge is 2.23. The van der Waals surface area contributed by atoms with E-state index >= 15 is 0 Å². The lowest BCUT2D eigenvalue weighted by Crippen LogP contribution is -2.36. The Morgan fingerprint density at radius 2 is 2.00 bits per heavy atom. The van der Waals surface area contributed by atoms with Gasteiger partial charge in [0.05, 0.1) is 29.5 Å². The van der Waals surface area contributed by atoms with Crippen molar-refractivity contribution in [3.05, 3.63) is 30.5 Å². The first-order chi connectivity index (χ1) is 8.84.